The maximum absolute atomic E-state index is 11.9. The highest BCUT2D eigenvalue weighted by Gasteiger charge is 2.13. The molecule has 3 aromatic heterocycles. The van der Waals surface area contributed by atoms with Crippen molar-refractivity contribution in [1.29, 1.82) is 0 Å². The van der Waals surface area contributed by atoms with E-state index >= 15 is 0 Å². The van der Waals surface area contributed by atoms with Crippen LogP contribution in [0.1, 0.15) is 10.5 Å². The third kappa shape index (κ3) is 2.36. The number of aryl methyl sites for hydroxylation is 1. The summed E-state index contributed by atoms with van der Waals surface area (Å²) < 4.78 is 1.69. The molecule has 0 unspecified atom stereocenters. The summed E-state index contributed by atoms with van der Waals surface area (Å²) in [5, 5.41) is 15.3. The van der Waals surface area contributed by atoms with Gasteiger partial charge in [-0.2, -0.15) is 15.2 Å². The molecule has 19 heavy (non-hydrogen) atoms. The maximum atomic E-state index is 11.9. The average Bonchev–Trinajstić information content (AvgIpc) is 3.07. The molecule has 0 aliphatic heterocycles. The van der Waals surface area contributed by atoms with Crippen molar-refractivity contribution < 1.29 is 4.79 Å². The quantitative estimate of drug-likeness (QED) is 0.740. The second-order valence-corrected chi connectivity index (χ2v) is 4.59. The van der Waals surface area contributed by atoms with Gasteiger partial charge in [-0.3, -0.25) is 14.8 Å². The molecule has 3 rings (SSSR count). The van der Waals surface area contributed by atoms with Crippen molar-refractivity contribution >= 4 is 23.2 Å². The van der Waals surface area contributed by atoms with Gasteiger partial charge in [0.05, 0.1) is 6.20 Å². The van der Waals surface area contributed by atoms with Gasteiger partial charge in [-0.25, -0.2) is 10.1 Å². The number of carbonyl (C=O) groups is 1. The zero-order chi connectivity index (χ0) is 13.2. The van der Waals surface area contributed by atoms with Crippen LogP contribution < -0.4 is 5.32 Å². The third-order valence-corrected chi connectivity index (χ3v) is 3.23. The van der Waals surface area contributed by atoms with Crippen molar-refractivity contribution in [2.24, 2.45) is 7.05 Å². The van der Waals surface area contributed by atoms with Gasteiger partial charge in [0.25, 0.3) is 5.91 Å². The molecule has 0 bridgehead atoms. The second-order valence-electron chi connectivity index (χ2n) is 3.73. The third-order valence-electron chi connectivity index (χ3n) is 2.34. The summed E-state index contributed by atoms with van der Waals surface area (Å²) in [5.74, 6) is -0.0379. The smallest absolute Gasteiger partial charge is 0.277 e. The van der Waals surface area contributed by atoms with Crippen molar-refractivity contribution in [2.45, 2.75) is 0 Å². The van der Waals surface area contributed by atoms with Crippen LogP contribution in [0.5, 0.6) is 0 Å². The monoisotopic (exact) mass is 275 g/mol. The van der Waals surface area contributed by atoms with Crippen LogP contribution in [0.15, 0.2) is 24.1 Å². The molecule has 0 saturated carbocycles. The van der Waals surface area contributed by atoms with Crippen LogP contribution in [0, 0.1) is 0 Å². The van der Waals surface area contributed by atoms with Gasteiger partial charge in [-0.1, -0.05) is 0 Å². The molecule has 3 aromatic rings. The molecule has 3 heterocycles. The molecule has 0 fully saturated rings. The average molecular weight is 275 g/mol. The fourth-order valence-electron chi connectivity index (χ4n) is 1.48. The molecule has 9 heteroatoms. The SMILES string of the molecule is Cn1cc(-c2nc(C(=O)Nc3ncn[nH]3)cs2)cn1. The number of nitrogens with zero attached hydrogens (tertiary/aromatic N) is 5. The lowest BCUT2D eigenvalue weighted by Crippen LogP contribution is -2.13. The molecular weight excluding hydrogens is 266 g/mol. The lowest BCUT2D eigenvalue weighted by atomic mass is 10.4. The summed E-state index contributed by atoms with van der Waals surface area (Å²) in [6.07, 6.45) is 4.87. The van der Waals surface area contributed by atoms with Crippen molar-refractivity contribution in [1.82, 2.24) is 29.9 Å². The summed E-state index contributed by atoms with van der Waals surface area (Å²) in [6.45, 7) is 0. The van der Waals surface area contributed by atoms with E-state index in [0.29, 0.717) is 11.6 Å². The predicted molar refractivity (Wildman–Crippen MR) is 68.7 cm³/mol. The van der Waals surface area contributed by atoms with Gasteiger partial charge in [0.15, 0.2) is 0 Å². The number of nitrogens with one attached hydrogen (secondary N) is 2. The number of amides is 1. The minimum atomic E-state index is -0.330. The Morgan fingerprint density at radius 1 is 1.53 bits per heavy atom. The van der Waals surface area contributed by atoms with E-state index in [9.17, 15) is 4.79 Å². The minimum absolute atomic E-state index is 0.293. The van der Waals surface area contributed by atoms with Crippen molar-refractivity contribution in [3.63, 3.8) is 0 Å². The Kier molecular flexibility index (Phi) is 2.80. The molecule has 0 saturated heterocycles. The highest BCUT2D eigenvalue weighted by Crippen LogP contribution is 2.23. The number of hydrogen-bond donors (Lipinski definition) is 2. The second kappa shape index (κ2) is 4.61. The molecule has 1 amide bonds. The normalized spacial score (nSPS) is 10.6. The summed E-state index contributed by atoms with van der Waals surface area (Å²) in [6, 6.07) is 0. The lowest BCUT2D eigenvalue weighted by molar-refractivity contribution is 0.102. The molecule has 0 aromatic carbocycles. The van der Waals surface area contributed by atoms with Crippen LogP contribution in [0.2, 0.25) is 0 Å². The van der Waals surface area contributed by atoms with Gasteiger partial charge >= 0.3 is 0 Å². The molecule has 8 nitrogen and oxygen atoms in total. The number of aromatic amines is 1. The maximum Gasteiger partial charge on any atom is 0.277 e. The van der Waals surface area contributed by atoms with E-state index in [4.69, 9.17) is 0 Å². The summed E-state index contributed by atoms with van der Waals surface area (Å²) in [7, 11) is 1.83. The number of thiazole rings is 1. The van der Waals surface area contributed by atoms with E-state index in [2.05, 4.69) is 30.6 Å². The number of anilines is 1. The van der Waals surface area contributed by atoms with Gasteiger partial charge in [0.1, 0.15) is 17.0 Å². The Bertz CT molecular complexity index is 699. The molecule has 0 radical (unpaired) electrons. The Morgan fingerprint density at radius 3 is 3.11 bits per heavy atom. The Morgan fingerprint density at radius 2 is 2.42 bits per heavy atom. The standard InChI is InChI=1S/C10H9N7OS/c1-17-3-6(2-13-17)9-14-7(4-19-9)8(18)15-10-11-5-12-16-10/h2-5H,1H3,(H2,11,12,15,16,18). The number of carbonyl (C=O) groups excluding carboxylic acids is 1. The van der Waals surface area contributed by atoms with Gasteiger partial charge < -0.3 is 0 Å². The van der Waals surface area contributed by atoms with E-state index in [-0.39, 0.29) is 5.91 Å². The number of aromatic nitrogens is 6. The van der Waals surface area contributed by atoms with Crippen LogP contribution in [0.25, 0.3) is 10.6 Å². The Labute approximate surface area is 111 Å². The summed E-state index contributed by atoms with van der Waals surface area (Å²) >= 11 is 1.39. The highest BCUT2D eigenvalue weighted by molar-refractivity contribution is 7.13. The molecule has 0 atom stereocenters. The van der Waals surface area contributed by atoms with E-state index < -0.39 is 0 Å². The highest BCUT2D eigenvalue weighted by atomic mass is 32.1. The Hall–Kier alpha value is -2.55. The van der Waals surface area contributed by atoms with Crippen molar-refractivity contribution in [3.8, 4) is 10.6 Å². The van der Waals surface area contributed by atoms with Gasteiger partial charge in [0.2, 0.25) is 5.95 Å². The fourth-order valence-corrected chi connectivity index (χ4v) is 2.26. The van der Waals surface area contributed by atoms with Crippen LogP contribution in [0.4, 0.5) is 5.95 Å². The summed E-state index contributed by atoms with van der Waals surface area (Å²) in [4.78, 5) is 20.0. The van der Waals surface area contributed by atoms with Crippen molar-refractivity contribution in [3.05, 3.63) is 29.8 Å². The van der Waals surface area contributed by atoms with E-state index in [1.807, 2.05) is 13.2 Å². The fraction of sp³-hybridized carbons (Fsp3) is 0.100. The zero-order valence-electron chi connectivity index (χ0n) is 9.86. The van der Waals surface area contributed by atoms with Crippen LogP contribution >= 0.6 is 11.3 Å². The van der Waals surface area contributed by atoms with Gasteiger partial charge in [-0.15, -0.1) is 11.3 Å². The Balaban J connectivity index is 1.79. The number of hydrogen-bond acceptors (Lipinski definition) is 6. The summed E-state index contributed by atoms with van der Waals surface area (Å²) in [5.41, 5.74) is 1.21. The first-order valence-corrected chi connectivity index (χ1v) is 6.21. The first-order chi connectivity index (χ1) is 9.22. The molecule has 96 valence electrons. The van der Waals surface area contributed by atoms with Gasteiger partial charge in [-0.05, 0) is 0 Å². The topological polar surface area (TPSA) is 101 Å². The predicted octanol–water partition coefficient (Wildman–Crippen LogP) is 0.914. The largest absolute Gasteiger partial charge is 0.289 e. The first kappa shape index (κ1) is 11.5. The first-order valence-electron chi connectivity index (χ1n) is 5.33. The zero-order valence-corrected chi connectivity index (χ0v) is 10.7. The van der Waals surface area contributed by atoms with Crippen LogP contribution in [-0.2, 0) is 7.05 Å². The number of rotatable bonds is 3. The lowest BCUT2D eigenvalue weighted by Gasteiger charge is -1.96. The van der Waals surface area contributed by atoms with E-state index in [1.165, 1.54) is 17.7 Å². The molecular formula is C10H9N7OS. The minimum Gasteiger partial charge on any atom is -0.289 e. The number of H-pyrrole nitrogens is 1. The molecule has 0 aliphatic carbocycles. The van der Waals surface area contributed by atoms with Crippen molar-refractivity contribution in [2.75, 3.05) is 5.32 Å². The molecule has 2 N–H and O–H groups in total. The molecule has 0 spiro atoms. The van der Waals surface area contributed by atoms with E-state index in [1.54, 1.807) is 16.3 Å². The van der Waals surface area contributed by atoms with Crippen LogP contribution in [-0.4, -0.2) is 35.9 Å². The van der Waals surface area contributed by atoms with Gasteiger partial charge in [0, 0.05) is 24.2 Å². The molecule has 0 aliphatic rings. The van der Waals surface area contributed by atoms with E-state index in [0.717, 1.165) is 10.6 Å². The van der Waals surface area contributed by atoms with Crippen LogP contribution in [0.3, 0.4) is 0 Å².